The molecule has 250 valence electrons. The fourth-order valence-electron chi connectivity index (χ4n) is 5.59. The Kier molecular flexibility index (Phi) is 11.5. The number of aliphatic hydroxyl groups excluding tert-OH is 1. The quantitative estimate of drug-likeness (QED) is 0.140. The second kappa shape index (κ2) is 16.0. The molecule has 3 heterocycles. The molecule has 10 heteroatoms. The second-order valence-electron chi connectivity index (χ2n) is 12.6. The van der Waals surface area contributed by atoms with Crippen molar-refractivity contribution in [1.82, 2.24) is 30.1 Å². The van der Waals surface area contributed by atoms with Crippen molar-refractivity contribution >= 4 is 23.2 Å². The van der Waals surface area contributed by atoms with Crippen LogP contribution in [0.2, 0.25) is 0 Å². The molecular weight excluding hydrogens is 621 g/mol. The van der Waals surface area contributed by atoms with Gasteiger partial charge in [-0.25, -0.2) is 4.98 Å². The monoisotopic (exact) mass is 664 g/mol. The summed E-state index contributed by atoms with van der Waals surface area (Å²) < 4.78 is 1.95. The molecule has 0 aliphatic rings. The number of nitrogens with one attached hydrogen (secondary N) is 2. The van der Waals surface area contributed by atoms with E-state index in [1.807, 2.05) is 91.0 Å². The van der Waals surface area contributed by atoms with Gasteiger partial charge < -0.3 is 25.2 Å². The number of hydrogen-bond acceptors (Lipinski definition) is 7. The van der Waals surface area contributed by atoms with Crippen molar-refractivity contribution in [3.63, 3.8) is 0 Å². The van der Waals surface area contributed by atoms with Gasteiger partial charge >= 0.3 is 0 Å². The van der Waals surface area contributed by atoms with Crippen LogP contribution in [0.1, 0.15) is 67.9 Å². The third-order valence-corrected chi connectivity index (χ3v) is 9.26. The minimum Gasteiger partial charge on any atom is -0.390 e. The molecule has 2 amide bonds. The molecule has 2 aromatic carbocycles. The Morgan fingerprint density at radius 3 is 2.46 bits per heavy atom. The number of aryl methyl sites for hydroxylation is 2. The van der Waals surface area contributed by atoms with E-state index in [9.17, 15) is 14.7 Å². The smallest absolute Gasteiger partial charge is 0.254 e. The Bertz CT molecular complexity index is 1830. The lowest BCUT2D eigenvalue weighted by Crippen LogP contribution is -2.48. The lowest BCUT2D eigenvalue weighted by atomic mass is 9.98. The van der Waals surface area contributed by atoms with E-state index in [-0.39, 0.29) is 18.4 Å². The zero-order valence-corrected chi connectivity index (χ0v) is 29.0. The highest BCUT2D eigenvalue weighted by molar-refractivity contribution is 7.09. The Hall–Kier alpha value is -4.64. The molecule has 5 rings (SSSR count). The molecule has 5 aromatic rings. The van der Waals surface area contributed by atoms with Crippen molar-refractivity contribution in [3.05, 3.63) is 129 Å². The first-order chi connectivity index (χ1) is 23.1. The number of aromatic nitrogens is 3. The van der Waals surface area contributed by atoms with Gasteiger partial charge in [-0.3, -0.25) is 14.6 Å². The normalized spacial score (nSPS) is 12.6. The van der Waals surface area contributed by atoms with Crippen LogP contribution in [0.3, 0.4) is 0 Å². The van der Waals surface area contributed by atoms with E-state index in [4.69, 9.17) is 0 Å². The topological polar surface area (TPSA) is 112 Å². The maximum atomic E-state index is 14.0. The number of benzene rings is 2. The van der Waals surface area contributed by atoms with Crippen LogP contribution in [-0.2, 0) is 26.6 Å². The lowest BCUT2D eigenvalue weighted by molar-refractivity contribution is 0.0784. The van der Waals surface area contributed by atoms with Gasteiger partial charge in [-0.2, -0.15) is 0 Å². The predicted molar refractivity (Wildman–Crippen MR) is 191 cm³/mol. The number of thiazole rings is 1. The molecule has 48 heavy (non-hydrogen) atoms. The van der Waals surface area contributed by atoms with E-state index in [1.165, 1.54) is 11.3 Å². The molecule has 3 aromatic heterocycles. The molecule has 3 N–H and O–H groups in total. The number of pyridine rings is 1. The fourth-order valence-corrected chi connectivity index (χ4v) is 6.42. The Morgan fingerprint density at radius 2 is 1.77 bits per heavy atom. The van der Waals surface area contributed by atoms with Crippen LogP contribution >= 0.6 is 11.3 Å². The summed E-state index contributed by atoms with van der Waals surface area (Å²) >= 11 is 1.51. The van der Waals surface area contributed by atoms with Gasteiger partial charge in [0.05, 0.1) is 18.7 Å². The van der Waals surface area contributed by atoms with E-state index < -0.39 is 12.1 Å². The third kappa shape index (κ3) is 9.03. The maximum absolute atomic E-state index is 14.0. The highest BCUT2D eigenvalue weighted by Crippen LogP contribution is 2.25. The summed E-state index contributed by atoms with van der Waals surface area (Å²) in [7, 11) is 3.66. The zero-order chi connectivity index (χ0) is 34.2. The summed E-state index contributed by atoms with van der Waals surface area (Å²) in [5.74, 6) is -0.215. The first-order valence-electron chi connectivity index (χ1n) is 16.2. The van der Waals surface area contributed by atoms with Crippen LogP contribution in [0.25, 0.3) is 11.3 Å². The SMILES string of the molecule is Cc1csc(CN(C)C(=O)c2cc(C(=O)N[C@@H](Cc3ccccc3)[C@H](O)CNCc3cncc(C(C)C)c3)cc(-c3cccn3C)c2)n1. The summed E-state index contributed by atoms with van der Waals surface area (Å²) in [6, 6.07) is 20.4. The van der Waals surface area contributed by atoms with Gasteiger partial charge in [0.25, 0.3) is 11.8 Å². The molecule has 0 bridgehead atoms. The van der Waals surface area contributed by atoms with Crippen molar-refractivity contribution in [2.75, 3.05) is 13.6 Å². The van der Waals surface area contributed by atoms with Crippen LogP contribution in [0.4, 0.5) is 0 Å². The summed E-state index contributed by atoms with van der Waals surface area (Å²) in [5.41, 5.74) is 6.45. The van der Waals surface area contributed by atoms with E-state index in [1.54, 1.807) is 24.1 Å². The maximum Gasteiger partial charge on any atom is 0.254 e. The van der Waals surface area contributed by atoms with Crippen molar-refractivity contribution in [2.24, 2.45) is 7.05 Å². The zero-order valence-electron chi connectivity index (χ0n) is 28.2. The van der Waals surface area contributed by atoms with Gasteiger partial charge in [0.1, 0.15) is 5.01 Å². The van der Waals surface area contributed by atoms with Gasteiger partial charge in [0, 0.05) is 73.7 Å². The number of carbonyl (C=O) groups is 2. The number of rotatable bonds is 14. The van der Waals surface area contributed by atoms with Crippen LogP contribution in [0.15, 0.2) is 90.7 Å². The van der Waals surface area contributed by atoms with Crippen LogP contribution in [-0.4, -0.2) is 62.1 Å². The van der Waals surface area contributed by atoms with E-state index in [0.717, 1.165) is 38.6 Å². The molecule has 0 saturated heterocycles. The fraction of sp³-hybridized carbons (Fsp3) is 0.316. The van der Waals surface area contributed by atoms with Crippen LogP contribution in [0.5, 0.6) is 0 Å². The minimum absolute atomic E-state index is 0.214. The average Bonchev–Trinajstić information content (AvgIpc) is 3.71. The molecule has 0 saturated carbocycles. The average molecular weight is 665 g/mol. The van der Waals surface area contributed by atoms with Gasteiger partial charge in [0.2, 0.25) is 0 Å². The van der Waals surface area contributed by atoms with E-state index in [0.29, 0.717) is 36.6 Å². The lowest BCUT2D eigenvalue weighted by Gasteiger charge is -2.25. The number of aliphatic hydroxyl groups is 1. The number of amides is 2. The molecule has 0 radical (unpaired) electrons. The first kappa shape index (κ1) is 34.7. The highest BCUT2D eigenvalue weighted by atomic mass is 32.1. The standard InChI is InChI=1S/C38H44N6O3S/c1-25(2)32-14-28(19-39-21-32)20-40-22-35(45)33(15-27-10-7-6-8-11-27)42-37(46)30-16-29(34-12-9-13-43(34)4)17-31(18-30)38(47)44(5)23-36-41-26(3)24-48-36/h6-14,16-19,21,24-25,33,35,40,45H,15,20,22-23H2,1-5H3,(H,42,46)/t33-,35+/m0/s1. The first-order valence-corrected chi connectivity index (χ1v) is 17.1. The molecule has 0 aliphatic carbocycles. The van der Waals surface area contributed by atoms with Crippen molar-refractivity contribution in [1.29, 1.82) is 0 Å². The van der Waals surface area contributed by atoms with Crippen LogP contribution < -0.4 is 10.6 Å². The van der Waals surface area contributed by atoms with Gasteiger partial charge in [0.15, 0.2) is 0 Å². The van der Waals surface area contributed by atoms with Crippen LogP contribution in [0, 0.1) is 6.92 Å². The predicted octanol–water partition coefficient (Wildman–Crippen LogP) is 5.74. The number of hydrogen-bond donors (Lipinski definition) is 3. The van der Waals surface area contributed by atoms with E-state index >= 15 is 0 Å². The Labute approximate surface area is 286 Å². The van der Waals surface area contributed by atoms with Crippen molar-refractivity contribution in [2.45, 2.75) is 58.3 Å². The second-order valence-corrected chi connectivity index (χ2v) is 13.5. The molecule has 0 spiro atoms. The van der Waals surface area contributed by atoms with Gasteiger partial charge in [-0.05, 0) is 71.8 Å². The Morgan fingerprint density at radius 1 is 1.00 bits per heavy atom. The number of carbonyl (C=O) groups excluding carboxylic acids is 2. The summed E-state index contributed by atoms with van der Waals surface area (Å²) in [6.07, 6.45) is 5.16. The molecular formula is C38H44N6O3S. The minimum atomic E-state index is -0.888. The molecule has 2 atom stereocenters. The largest absolute Gasteiger partial charge is 0.390 e. The molecule has 0 aliphatic heterocycles. The Balaban J connectivity index is 1.37. The summed E-state index contributed by atoms with van der Waals surface area (Å²) in [6.45, 7) is 7.35. The highest BCUT2D eigenvalue weighted by Gasteiger charge is 2.24. The molecule has 9 nitrogen and oxygen atoms in total. The molecule has 0 unspecified atom stereocenters. The third-order valence-electron chi connectivity index (χ3n) is 8.31. The number of nitrogens with zero attached hydrogens (tertiary/aromatic N) is 4. The summed E-state index contributed by atoms with van der Waals surface area (Å²) in [4.78, 5) is 38.2. The van der Waals surface area contributed by atoms with Crippen molar-refractivity contribution in [3.8, 4) is 11.3 Å². The molecule has 0 fully saturated rings. The van der Waals surface area contributed by atoms with E-state index in [2.05, 4.69) is 40.5 Å². The van der Waals surface area contributed by atoms with Crippen molar-refractivity contribution < 1.29 is 14.7 Å². The van der Waals surface area contributed by atoms with Gasteiger partial charge in [-0.1, -0.05) is 50.2 Å². The summed E-state index contributed by atoms with van der Waals surface area (Å²) in [5, 5.41) is 20.7. The van der Waals surface area contributed by atoms with Gasteiger partial charge in [-0.15, -0.1) is 11.3 Å².